The van der Waals surface area contributed by atoms with Crippen molar-refractivity contribution in [3.8, 4) is 0 Å². The monoisotopic (exact) mass is 271 g/mol. The van der Waals surface area contributed by atoms with Gasteiger partial charge in [0.15, 0.2) is 0 Å². The summed E-state index contributed by atoms with van der Waals surface area (Å²) in [4.78, 5) is 0. The Kier molecular flexibility index (Phi) is 5.67. The number of hydrogen-bond donors (Lipinski definition) is 1. The molecule has 1 N–H and O–H groups in total. The fourth-order valence-corrected chi connectivity index (χ4v) is 3.00. The van der Waals surface area contributed by atoms with Crippen LogP contribution in [-0.2, 0) is 12.0 Å². The molecule has 0 saturated carbocycles. The molecule has 4 heteroatoms. The molecule has 0 aliphatic heterocycles. The molecule has 1 aromatic rings. The molecule has 0 spiro atoms. The van der Waals surface area contributed by atoms with Gasteiger partial charge in [0.2, 0.25) is 0 Å². The third-order valence-corrected chi connectivity index (χ3v) is 3.57. The van der Waals surface area contributed by atoms with Crippen LogP contribution in [0, 0.1) is 0 Å². The Morgan fingerprint density at radius 2 is 2.11 bits per heavy atom. The van der Waals surface area contributed by atoms with Crippen LogP contribution in [0.4, 0.5) is 0 Å². The minimum Gasteiger partial charge on any atom is -0.314 e. The number of rotatable bonds is 7. The number of nitrogens with zero attached hydrogens (tertiary/aromatic N) is 2. The lowest BCUT2D eigenvalue weighted by atomic mass is 9.82. The van der Waals surface area contributed by atoms with Crippen LogP contribution in [0.5, 0.6) is 0 Å². The molecule has 0 bridgehead atoms. The third kappa shape index (κ3) is 3.72. The molecule has 0 aromatic carbocycles. The summed E-state index contributed by atoms with van der Waals surface area (Å²) >= 11 is 6.29. The van der Waals surface area contributed by atoms with Gasteiger partial charge in [0.1, 0.15) is 0 Å². The van der Waals surface area contributed by atoms with E-state index in [1.165, 1.54) is 6.42 Å². The van der Waals surface area contributed by atoms with Gasteiger partial charge in [-0.05, 0) is 33.2 Å². The summed E-state index contributed by atoms with van der Waals surface area (Å²) in [5, 5.41) is 8.65. The summed E-state index contributed by atoms with van der Waals surface area (Å²) in [6.07, 6.45) is 3.98. The first-order valence-electron chi connectivity index (χ1n) is 6.87. The van der Waals surface area contributed by atoms with E-state index in [2.05, 4.69) is 45.0 Å². The first-order chi connectivity index (χ1) is 8.42. The molecule has 1 rings (SSSR count). The number of halogens is 1. The van der Waals surface area contributed by atoms with Crippen LogP contribution in [-0.4, -0.2) is 22.4 Å². The molecule has 104 valence electrons. The molecule has 0 fully saturated rings. The Bertz CT molecular complexity index is 371. The SMILES string of the molecule is CCCNC(C)CC(C)(C)c1c(Cl)cnn1CC. The van der Waals surface area contributed by atoms with E-state index in [1.807, 2.05) is 4.68 Å². The summed E-state index contributed by atoms with van der Waals surface area (Å²) in [6, 6.07) is 0.483. The van der Waals surface area contributed by atoms with Crippen LogP contribution < -0.4 is 5.32 Å². The second-order valence-electron chi connectivity index (χ2n) is 5.60. The normalized spacial score (nSPS) is 13.9. The zero-order valence-electron chi connectivity index (χ0n) is 12.3. The van der Waals surface area contributed by atoms with Crippen molar-refractivity contribution < 1.29 is 0 Å². The van der Waals surface area contributed by atoms with Gasteiger partial charge >= 0.3 is 0 Å². The lowest BCUT2D eigenvalue weighted by Crippen LogP contribution is -2.35. The van der Waals surface area contributed by atoms with Gasteiger partial charge < -0.3 is 5.32 Å². The topological polar surface area (TPSA) is 29.9 Å². The van der Waals surface area contributed by atoms with Gasteiger partial charge in [0.05, 0.1) is 16.9 Å². The Morgan fingerprint density at radius 1 is 1.44 bits per heavy atom. The summed E-state index contributed by atoms with van der Waals surface area (Å²) < 4.78 is 2.01. The highest BCUT2D eigenvalue weighted by Crippen LogP contribution is 2.33. The lowest BCUT2D eigenvalue weighted by molar-refractivity contribution is 0.365. The second kappa shape index (κ2) is 6.58. The molecule has 0 radical (unpaired) electrons. The van der Waals surface area contributed by atoms with Gasteiger partial charge in [-0.1, -0.05) is 32.4 Å². The molecule has 18 heavy (non-hydrogen) atoms. The molecule has 3 nitrogen and oxygen atoms in total. The molecule has 0 saturated heterocycles. The third-order valence-electron chi connectivity index (χ3n) is 3.29. The van der Waals surface area contributed by atoms with Crippen LogP contribution in [0.2, 0.25) is 5.02 Å². The maximum atomic E-state index is 6.29. The van der Waals surface area contributed by atoms with Gasteiger partial charge in [0.25, 0.3) is 0 Å². The highest BCUT2D eigenvalue weighted by Gasteiger charge is 2.29. The maximum absolute atomic E-state index is 6.29. The van der Waals surface area contributed by atoms with Crippen molar-refractivity contribution in [3.63, 3.8) is 0 Å². The van der Waals surface area contributed by atoms with Crippen molar-refractivity contribution >= 4 is 11.6 Å². The van der Waals surface area contributed by atoms with E-state index in [9.17, 15) is 0 Å². The second-order valence-corrected chi connectivity index (χ2v) is 6.01. The van der Waals surface area contributed by atoms with E-state index >= 15 is 0 Å². The van der Waals surface area contributed by atoms with Gasteiger partial charge in [-0.3, -0.25) is 4.68 Å². The molecule has 0 aliphatic carbocycles. The average molecular weight is 272 g/mol. The molecular weight excluding hydrogens is 246 g/mol. The zero-order valence-corrected chi connectivity index (χ0v) is 13.0. The molecule has 0 aliphatic rings. The Labute approximate surface area is 116 Å². The van der Waals surface area contributed by atoms with E-state index in [4.69, 9.17) is 11.6 Å². The Balaban J connectivity index is 2.81. The Hall–Kier alpha value is -0.540. The number of aromatic nitrogens is 2. The van der Waals surface area contributed by atoms with E-state index in [0.29, 0.717) is 6.04 Å². The van der Waals surface area contributed by atoms with Crippen LogP contribution >= 0.6 is 11.6 Å². The van der Waals surface area contributed by atoms with Crippen molar-refractivity contribution in [1.82, 2.24) is 15.1 Å². The quantitative estimate of drug-likeness (QED) is 0.821. The van der Waals surface area contributed by atoms with Crippen LogP contribution in [0.15, 0.2) is 6.20 Å². The van der Waals surface area contributed by atoms with E-state index in [-0.39, 0.29) is 5.41 Å². The predicted octanol–water partition coefficient (Wildman–Crippen LogP) is 3.61. The standard InChI is InChI=1S/C14H26ClN3/c1-6-8-16-11(3)9-14(4,5)13-12(15)10-17-18(13)7-2/h10-11,16H,6-9H2,1-5H3. The van der Waals surface area contributed by atoms with Crippen LogP contribution in [0.25, 0.3) is 0 Å². The van der Waals surface area contributed by atoms with Crippen LogP contribution in [0.1, 0.15) is 53.2 Å². The molecular formula is C14H26ClN3. The first kappa shape index (κ1) is 15.5. The summed E-state index contributed by atoms with van der Waals surface area (Å²) in [6.45, 7) is 12.9. The van der Waals surface area contributed by atoms with E-state index in [1.54, 1.807) is 6.20 Å². The molecule has 1 aromatic heterocycles. The summed E-state index contributed by atoms with van der Waals surface area (Å²) in [7, 11) is 0. The highest BCUT2D eigenvalue weighted by molar-refractivity contribution is 6.31. The number of hydrogen-bond acceptors (Lipinski definition) is 2. The predicted molar refractivity (Wildman–Crippen MR) is 78.3 cm³/mol. The van der Waals surface area contributed by atoms with Gasteiger partial charge in [-0.25, -0.2) is 0 Å². The minimum absolute atomic E-state index is 0.0315. The van der Waals surface area contributed by atoms with Crippen molar-refractivity contribution in [1.29, 1.82) is 0 Å². The molecule has 1 atom stereocenters. The van der Waals surface area contributed by atoms with E-state index < -0.39 is 0 Å². The van der Waals surface area contributed by atoms with Crippen molar-refractivity contribution in [2.45, 2.75) is 65.5 Å². The molecule has 1 heterocycles. The summed E-state index contributed by atoms with van der Waals surface area (Å²) in [5.41, 5.74) is 1.18. The lowest BCUT2D eigenvalue weighted by Gasteiger charge is -2.29. The largest absolute Gasteiger partial charge is 0.314 e. The smallest absolute Gasteiger partial charge is 0.0823 e. The fraction of sp³-hybridized carbons (Fsp3) is 0.786. The Morgan fingerprint density at radius 3 is 2.67 bits per heavy atom. The zero-order chi connectivity index (χ0) is 13.8. The minimum atomic E-state index is 0.0315. The first-order valence-corrected chi connectivity index (χ1v) is 7.25. The number of aryl methyl sites for hydroxylation is 1. The van der Waals surface area contributed by atoms with Gasteiger partial charge in [-0.2, -0.15) is 5.10 Å². The summed E-state index contributed by atoms with van der Waals surface area (Å²) in [5.74, 6) is 0. The number of nitrogens with one attached hydrogen (secondary N) is 1. The van der Waals surface area contributed by atoms with E-state index in [0.717, 1.165) is 30.2 Å². The maximum Gasteiger partial charge on any atom is 0.0823 e. The molecule has 0 amide bonds. The van der Waals surface area contributed by atoms with Crippen molar-refractivity contribution in [2.75, 3.05) is 6.54 Å². The highest BCUT2D eigenvalue weighted by atomic mass is 35.5. The average Bonchev–Trinajstić information content (AvgIpc) is 2.67. The van der Waals surface area contributed by atoms with Crippen molar-refractivity contribution in [2.24, 2.45) is 0 Å². The fourth-order valence-electron chi connectivity index (χ4n) is 2.60. The van der Waals surface area contributed by atoms with Gasteiger partial charge in [-0.15, -0.1) is 0 Å². The van der Waals surface area contributed by atoms with Crippen molar-refractivity contribution in [3.05, 3.63) is 16.9 Å². The van der Waals surface area contributed by atoms with Crippen LogP contribution in [0.3, 0.4) is 0 Å². The van der Waals surface area contributed by atoms with Gasteiger partial charge in [0, 0.05) is 18.0 Å². The molecule has 1 unspecified atom stereocenters.